The summed E-state index contributed by atoms with van der Waals surface area (Å²) in [6, 6.07) is 0. The van der Waals surface area contributed by atoms with Gasteiger partial charge < -0.3 is 0 Å². The molecular formula is C16H34. The summed E-state index contributed by atoms with van der Waals surface area (Å²) >= 11 is 0. The van der Waals surface area contributed by atoms with Crippen molar-refractivity contribution >= 4 is 0 Å². The van der Waals surface area contributed by atoms with Gasteiger partial charge in [-0.3, -0.25) is 0 Å². The Labute approximate surface area is 104 Å². The lowest BCUT2D eigenvalue weighted by Gasteiger charge is -2.42. The van der Waals surface area contributed by atoms with Crippen LogP contribution >= 0.6 is 0 Å². The second-order valence-corrected chi connectivity index (χ2v) is 6.00. The van der Waals surface area contributed by atoms with E-state index in [1.807, 2.05) is 0 Å². The molecule has 0 heteroatoms. The van der Waals surface area contributed by atoms with Gasteiger partial charge in [-0.1, -0.05) is 74.1 Å². The average molecular weight is 226 g/mol. The lowest BCUT2D eigenvalue weighted by Crippen LogP contribution is -2.33. The molecule has 4 atom stereocenters. The van der Waals surface area contributed by atoms with E-state index in [0.717, 1.165) is 17.8 Å². The third kappa shape index (κ3) is 3.79. The van der Waals surface area contributed by atoms with Crippen molar-refractivity contribution in [2.45, 2.75) is 80.6 Å². The number of hydrogen-bond acceptors (Lipinski definition) is 0. The summed E-state index contributed by atoms with van der Waals surface area (Å²) in [5.41, 5.74) is 0.554. The van der Waals surface area contributed by atoms with Crippen molar-refractivity contribution in [2.75, 3.05) is 0 Å². The third-order valence-corrected chi connectivity index (χ3v) is 5.22. The number of rotatable bonds is 8. The summed E-state index contributed by atoms with van der Waals surface area (Å²) in [6.45, 7) is 16.8. The Kier molecular flexibility index (Phi) is 7.35. The Bertz CT molecular complexity index is 173. The fourth-order valence-electron chi connectivity index (χ4n) is 3.37. The minimum atomic E-state index is 0.554. The van der Waals surface area contributed by atoms with Gasteiger partial charge in [-0.2, -0.15) is 0 Å². The Balaban J connectivity index is 4.74. The van der Waals surface area contributed by atoms with Gasteiger partial charge in [0.1, 0.15) is 0 Å². The van der Waals surface area contributed by atoms with E-state index in [2.05, 4.69) is 48.5 Å². The normalized spacial score (nSPS) is 21.2. The van der Waals surface area contributed by atoms with Gasteiger partial charge in [-0.15, -0.1) is 0 Å². The number of hydrogen-bond donors (Lipinski definition) is 0. The molecule has 0 fully saturated rings. The molecule has 0 amide bonds. The summed E-state index contributed by atoms with van der Waals surface area (Å²) in [5, 5.41) is 0. The Morgan fingerprint density at radius 3 is 1.81 bits per heavy atom. The van der Waals surface area contributed by atoms with Crippen LogP contribution in [0.25, 0.3) is 0 Å². The maximum absolute atomic E-state index is 2.51. The predicted octanol–water partition coefficient (Wildman–Crippen LogP) is 5.91. The van der Waals surface area contributed by atoms with Crippen LogP contribution in [0.1, 0.15) is 80.6 Å². The van der Waals surface area contributed by atoms with E-state index >= 15 is 0 Å². The highest BCUT2D eigenvalue weighted by molar-refractivity contribution is 4.84. The molecule has 16 heavy (non-hydrogen) atoms. The molecule has 0 spiro atoms. The fourth-order valence-corrected chi connectivity index (χ4v) is 3.37. The van der Waals surface area contributed by atoms with E-state index in [1.165, 1.54) is 32.1 Å². The van der Waals surface area contributed by atoms with Crippen molar-refractivity contribution < 1.29 is 0 Å². The van der Waals surface area contributed by atoms with Crippen LogP contribution in [0.4, 0.5) is 0 Å². The molecule has 0 rings (SSSR count). The molecule has 0 aliphatic rings. The van der Waals surface area contributed by atoms with Crippen molar-refractivity contribution in [2.24, 2.45) is 23.2 Å². The van der Waals surface area contributed by atoms with Gasteiger partial charge in [-0.25, -0.2) is 0 Å². The van der Waals surface area contributed by atoms with Crippen LogP contribution in [0, 0.1) is 23.2 Å². The lowest BCUT2D eigenvalue weighted by atomic mass is 9.64. The van der Waals surface area contributed by atoms with Gasteiger partial charge in [0.15, 0.2) is 0 Å². The Morgan fingerprint density at radius 1 is 0.938 bits per heavy atom. The van der Waals surface area contributed by atoms with Crippen molar-refractivity contribution in [3.8, 4) is 0 Å². The maximum Gasteiger partial charge on any atom is -0.0300 e. The molecule has 0 aromatic carbocycles. The van der Waals surface area contributed by atoms with Gasteiger partial charge >= 0.3 is 0 Å². The second kappa shape index (κ2) is 7.35. The van der Waals surface area contributed by atoms with Crippen molar-refractivity contribution in [1.82, 2.24) is 0 Å². The highest BCUT2D eigenvalue weighted by Gasteiger charge is 2.34. The molecule has 0 aliphatic heterocycles. The van der Waals surface area contributed by atoms with Crippen molar-refractivity contribution in [3.63, 3.8) is 0 Å². The van der Waals surface area contributed by atoms with Crippen LogP contribution in [0.5, 0.6) is 0 Å². The predicted molar refractivity (Wildman–Crippen MR) is 75.7 cm³/mol. The van der Waals surface area contributed by atoms with E-state index in [1.54, 1.807) is 0 Å². The smallest absolute Gasteiger partial charge is 0.0300 e. The average Bonchev–Trinajstić information content (AvgIpc) is 2.29. The summed E-state index contributed by atoms with van der Waals surface area (Å²) in [7, 11) is 0. The summed E-state index contributed by atoms with van der Waals surface area (Å²) in [4.78, 5) is 0. The highest BCUT2D eigenvalue weighted by atomic mass is 14.4. The van der Waals surface area contributed by atoms with Crippen LogP contribution in [-0.2, 0) is 0 Å². The second-order valence-electron chi connectivity index (χ2n) is 6.00. The first-order chi connectivity index (χ1) is 7.46. The summed E-state index contributed by atoms with van der Waals surface area (Å²) in [6.07, 6.45) is 6.71. The molecule has 0 heterocycles. The molecule has 0 radical (unpaired) electrons. The monoisotopic (exact) mass is 226 g/mol. The highest BCUT2D eigenvalue weighted by Crippen LogP contribution is 2.43. The first kappa shape index (κ1) is 16.0. The Hall–Kier alpha value is 0. The quantitative estimate of drug-likeness (QED) is 0.482. The van der Waals surface area contributed by atoms with Crippen molar-refractivity contribution in [3.05, 3.63) is 0 Å². The zero-order valence-electron chi connectivity index (χ0n) is 12.8. The standard InChI is InChI=1S/C16H34/c1-8-12-16(7,11-4)14(6)15(10-3)13(5)9-2/h13-15H,8-12H2,1-7H3. The van der Waals surface area contributed by atoms with E-state index < -0.39 is 0 Å². The molecule has 0 aliphatic carbocycles. The largest absolute Gasteiger partial charge is 0.0654 e. The summed E-state index contributed by atoms with van der Waals surface area (Å²) in [5.74, 6) is 2.64. The van der Waals surface area contributed by atoms with E-state index in [0.29, 0.717) is 5.41 Å². The fraction of sp³-hybridized carbons (Fsp3) is 1.00. The third-order valence-electron chi connectivity index (χ3n) is 5.22. The molecule has 98 valence electrons. The maximum atomic E-state index is 2.51. The van der Waals surface area contributed by atoms with Gasteiger partial charge in [0.05, 0.1) is 0 Å². The van der Waals surface area contributed by atoms with Crippen LogP contribution in [0.2, 0.25) is 0 Å². The van der Waals surface area contributed by atoms with Crippen LogP contribution in [0.15, 0.2) is 0 Å². The van der Waals surface area contributed by atoms with Gasteiger partial charge in [0.2, 0.25) is 0 Å². The van der Waals surface area contributed by atoms with Crippen molar-refractivity contribution in [1.29, 1.82) is 0 Å². The first-order valence-corrected chi connectivity index (χ1v) is 7.46. The van der Waals surface area contributed by atoms with Crippen LogP contribution < -0.4 is 0 Å². The molecule has 0 bridgehead atoms. The Morgan fingerprint density at radius 2 is 1.50 bits per heavy atom. The topological polar surface area (TPSA) is 0 Å². The summed E-state index contributed by atoms with van der Waals surface area (Å²) < 4.78 is 0. The van der Waals surface area contributed by atoms with E-state index in [-0.39, 0.29) is 0 Å². The molecule has 4 unspecified atom stereocenters. The van der Waals surface area contributed by atoms with E-state index in [4.69, 9.17) is 0 Å². The minimum absolute atomic E-state index is 0.554. The SMILES string of the molecule is CCCC(C)(CC)C(C)C(CC)C(C)CC. The molecule has 0 nitrogen and oxygen atoms in total. The van der Waals surface area contributed by atoms with Crippen LogP contribution in [-0.4, -0.2) is 0 Å². The molecule has 0 N–H and O–H groups in total. The van der Waals surface area contributed by atoms with Gasteiger partial charge in [0, 0.05) is 0 Å². The van der Waals surface area contributed by atoms with E-state index in [9.17, 15) is 0 Å². The molecular weight excluding hydrogens is 192 g/mol. The zero-order chi connectivity index (χ0) is 12.8. The molecule has 0 saturated carbocycles. The molecule has 0 saturated heterocycles. The van der Waals surface area contributed by atoms with Gasteiger partial charge in [0.25, 0.3) is 0 Å². The van der Waals surface area contributed by atoms with Gasteiger partial charge in [-0.05, 0) is 29.6 Å². The first-order valence-electron chi connectivity index (χ1n) is 7.46. The lowest BCUT2D eigenvalue weighted by molar-refractivity contribution is 0.0808. The zero-order valence-corrected chi connectivity index (χ0v) is 12.8. The molecule has 0 aromatic rings. The van der Waals surface area contributed by atoms with Crippen LogP contribution in [0.3, 0.4) is 0 Å². The molecule has 0 aromatic heterocycles. The minimum Gasteiger partial charge on any atom is -0.0654 e.